The molecule has 1 amide bonds. The van der Waals surface area contributed by atoms with Gasteiger partial charge in [-0.25, -0.2) is 4.79 Å². The highest BCUT2D eigenvalue weighted by molar-refractivity contribution is 5.81. The monoisotopic (exact) mass is 293 g/mol. The van der Waals surface area contributed by atoms with Gasteiger partial charge in [0.25, 0.3) is 0 Å². The second kappa shape index (κ2) is 4.87. The summed E-state index contributed by atoms with van der Waals surface area (Å²) in [5, 5.41) is 0. The number of benzene rings is 2. The molecular formula is C19H19NO2. The van der Waals surface area contributed by atoms with Crippen molar-refractivity contribution < 1.29 is 9.53 Å². The number of fused-ring (bicyclic) bond motifs is 5. The molecule has 1 aliphatic heterocycles. The van der Waals surface area contributed by atoms with Crippen molar-refractivity contribution in [1.82, 2.24) is 4.90 Å². The second-order valence-electron chi connectivity index (χ2n) is 6.13. The van der Waals surface area contributed by atoms with Crippen molar-refractivity contribution >= 4 is 6.09 Å². The smallest absolute Gasteiger partial charge is 0.409 e. The van der Waals surface area contributed by atoms with Gasteiger partial charge in [-0.2, -0.15) is 0 Å². The number of piperidine rings is 1. The number of methoxy groups -OCH3 is 1. The van der Waals surface area contributed by atoms with Crippen LogP contribution in [0, 0.1) is 0 Å². The Kier molecular flexibility index (Phi) is 2.96. The fourth-order valence-electron chi connectivity index (χ4n) is 4.15. The lowest BCUT2D eigenvalue weighted by atomic mass is 9.71. The summed E-state index contributed by atoms with van der Waals surface area (Å²) in [6, 6.07) is 17.4. The summed E-state index contributed by atoms with van der Waals surface area (Å²) < 4.78 is 4.87. The molecular weight excluding hydrogens is 274 g/mol. The van der Waals surface area contributed by atoms with Gasteiger partial charge in [0, 0.05) is 18.5 Å². The molecule has 1 saturated heterocycles. The fourth-order valence-corrected chi connectivity index (χ4v) is 4.15. The van der Waals surface area contributed by atoms with E-state index in [1.807, 2.05) is 4.90 Å². The molecule has 1 heterocycles. The molecule has 22 heavy (non-hydrogen) atoms. The van der Waals surface area contributed by atoms with Crippen molar-refractivity contribution in [3.63, 3.8) is 0 Å². The zero-order chi connectivity index (χ0) is 15.2. The van der Waals surface area contributed by atoms with Crippen LogP contribution in [0.2, 0.25) is 0 Å². The highest BCUT2D eigenvalue weighted by Crippen LogP contribution is 2.53. The third kappa shape index (κ3) is 1.71. The molecule has 4 rings (SSSR count). The van der Waals surface area contributed by atoms with Crippen molar-refractivity contribution in [2.45, 2.75) is 18.3 Å². The van der Waals surface area contributed by atoms with Crippen molar-refractivity contribution in [1.29, 1.82) is 0 Å². The fraction of sp³-hybridized carbons (Fsp3) is 0.316. The Morgan fingerprint density at radius 2 is 1.45 bits per heavy atom. The van der Waals surface area contributed by atoms with Gasteiger partial charge in [-0.3, -0.25) is 0 Å². The summed E-state index contributed by atoms with van der Waals surface area (Å²) >= 11 is 0. The van der Waals surface area contributed by atoms with Gasteiger partial charge in [0.2, 0.25) is 0 Å². The van der Waals surface area contributed by atoms with Gasteiger partial charge in [0.05, 0.1) is 7.11 Å². The van der Waals surface area contributed by atoms with E-state index in [0.717, 1.165) is 25.9 Å². The predicted octanol–water partition coefficient (Wildman–Crippen LogP) is 3.82. The van der Waals surface area contributed by atoms with Crippen molar-refractivity contribution in [3.05, 3.63) is 59.7 Å². The molecule has 1 aliphatic carbocycles. The molecule has 0 bridgehead atoms. The van der Waals surface area contributed by atoms with Crippen LogP contribution in [-0.2, 0) is 10.2 Å². The minimum Gasteiger partial charge on any atom is -0.453 e. The van der Waals surface area contributed by atoms with Gasteiger partial charge in [-0.05, 0) is 35.1 Å². The van der Waals surface area contributed by atoms with Crippen LogP contribution in [0.4, 0.5) is 4.79 Å². The van der Waals surface area contributed by atoms with E-state index in [9.17, 15) is 4.79 Å². The second-order valence-corrected chi connectivity index (χ2v) is 6.13. The van der Waals surface area contributed by atoms with E-state index in [-0.39, 0.29) is 11.5 Å². The standard InChI is InChI=1S/C19H19NO2/c1-22-18(21)20-12-10-19(11-13-20)16-8-4-2-6-14(16)15-7-3-5-9-17(15)19/h2-9H,10-13H2,1H3. The minimum absolute atomic E-state index is 0.0533. The summed E-state index contributed by atoms with van der Waals surface area (Å²) in [4.78, 5) is 13.6. The van der Waals surface area contributed by atoms with E-state index in [2.05, 4.69) is 48.5 Å². The number of nitrogens with zero attached hydrogens (tertiary/aromatic N) is 1. The number of ether oxygens (including phenoxy) is 1. The zero-order valence-corrected chi connectivity index (χ0v) is 12.7. The molecule has 3 nitrogen and oxygen atoms in total. The summed E-state index contributed by atoms with van der Waals surface area (Å²) in [5.41, 5.74) is 5.59. The molecule has 2 aromatic rings. The molecule has 1 spiro atoms. The Morgan fingerprint density at radius 3 is 1.95 bits per heavy atom. The summed E-state index contributed by atoms with van der Waals surface area (Å²) in [7, 11) is 1.45. The first-order valence-corrected chi connectivity index (χ1v) is 7.78. The number of hydrogen-bond donors (Lipinski definition) is 0. The summed E-state index contributed by atoms with van der Waals surface area (Å²) in [6.07, 6.45) is 1.70. The van der Waals surface area contributed by atoms with Crippen LogP contribution in [0.3, 0.4) is 0 Å². The molecule has 112 valence electrons. The van der Waals surface area contributed by atoms with Crippen LogP contribution < -0.4 is 0 Å². The Labute approximate surface area is 130 Å². The Hall–Kier alpha value is -2.29. The predicted molar refractivity (Wildman–Crippen MR) is 85.9 cm³/mol. The lowest BCUT2D eigenvalue weighted by molar-refractivity contribution is 0.105. The first-order chi connectivity index (χ1) is 10.8. The normalized spacial score (nSPS) is 18.0. The summed E-state index contributed by atoms with van der Waals surface area (Å²) in [6.45, 7) is 1.49. The Balaban J connectivity index is 1.78. The number of amides is 1. The molecule has 0 saturated carbocycles. The van der Waals surface area contributed by atoms with E-state index in [1.165, 1.54) is 29.4 Å². The molecule has 0 N–H and O–H groups in total. The number of likely N-dealkylation sites (tertiary alicyclic amines) is 1. The highest BCUT2D eigenvalue weighted by Gasteiger charge is 2.45. The average Bonchev–Trinajstić information content (AvgIpc) is 2.86. The summed E-state index contributed by atoms with van der Waals surface area (Å²) in [5.74, 6) is 0. The Morgan fingerprint density at radius 1 is 0.955 bits per heavy atom. The molecule has 2 aliphatic rings. The van der Waals surface area contributed by atoms with Gasteiger partial charge in [0.1, 0.15) is 0 Å². The molecule has 1 fully saturated rings. The van der Waals surface area contributed by atoms with Crippen LogP contribution in [0.5, 0.6) is 0 Å². The lowest BCUT2D eigenvalue weighted by Crippen LogP contribution is -2.44. The van der Waals surface area contributed by atoms with Gasteiger partial charge in [0.15, 0.2) is 0 Å². The van der Waals surface area contributed by atoms with Gasteiger partial charge in [-0.15, -0.1) is 0 Å². The number of carbonyl (C=O) groups excluding carboxylic acids is 1. The van der Waals surface area contributed by atoms with Gasteiger partial charge in [-0.1, -0.05) is 48.5 Å². The van der Waals surface area contributed by atoms with Crippen LogP contribution in [0.15, 0.2) is 48.5 Å². The zero-order valence-electron chi connectivity index (χ0n) is 12.7. The van der Waals surface area contributed by atoms with E-state index in [1.54, 1.807) is 0 Å². The van der Waals surface area contributed by atoms with Crippen LogP contribution >= 0.6 is 0 Å². The van der Waals surface area contributed by atoms with Crippen LogP contribution in [0.1, 0.15) is 24.0 Å². The van der Waals surface area contributed by atoms with E-state index in [0.29, 0.717) is 0 Å². The van der Waals surface area contributed by atoms with Crippen LogP contribution in [-0.4, -0.2) is 31.2 Å². The van der Waals surface area contributed by atoms with Crippen molar-refractivity contribution in [3.8, 4) is 11.1 Å². The average molecular weight is 293 g/mol. The number of rotatable bonds is 0. The van der Waals surface area contributed by atoms with Gasteiger partial charge < -0.3 is 9.64 Å². The molecule has 0 atom stereocenters. The Bertz CT molecular complexity index is 682. The molecule has 0 radical (unpaired) electrons. The van der Waals surface area contributed by atoms with Gasteiger partial charge >= 0.3 is 6.09 Å². The molecule has 3 heteroatoms. The third-order valence-corrected chi connectivity index (χ3v) is 5.23. The SMILES string of the molecule is COC(=O)N1CCC2(CC1)c1ccccc1-c1ccccc12. The molecule has 2 aromatic carbocycles. The number of hydrogen-bond acceptors (Lipinski definition) is 2. The van der Waals surface area contributed by atoms with E-state index < -0.39 is 0 Å². The number of carbonyl (C=O) groups is 1. The first-order valence-electron chi connectivity index (χ1n) is 7.78. The molecule has 0 aromatic heterocycles. The maximum absolute atomic E-state index is 11.8. The van der Waals surface area contributed by atoms with Crippen LogP contribution in [0.25, 0.3) is 11.1 Å². The quantitative estimate of drug-likeness (QED) is 0.739. The topological polar surface area (TPSA) is 29.5 Å². The first kappa shape index (κ1) is 13.4. The lowest BCUT2D eigenvalue weighted by Gasteiger charge is -2.40. The molecule has 0 unspecified atom stereocenters. The third-order valence-electron chi connectivity index (χ3n) is 5.23. The minimum atomic E-state index is -0.214. The van der Waals surface area contributed by atoms with Crippen molar-refractivity contribution in [2.24, 2.45) is 0 Å². The largest absolute Gasteiger partial charge is 0.453 e. The maximum atomic E-state index is 11.8. The van der Waals surface area contributed by atoms with E-state index in [4.69, 9.17) is 4.74 Å². The van der Waals surface area contributed by atoms with Crippen molar-refractivity contribution in [2.75, 3.05) is 20.2 Å². The maximum Gasteiger partial charge on any atom is 0.409 e. The van der Waals surface area contributed by atoms with E-state index >= 15 is 0 Å². The highest BCUT2D eigenvalue weighted by atomic mass is 16.5.